The summed E-state index contributed by atoms with van der Waals surface area (Å²) in [6.45, 7) is 5.70. The van der Waals surface area contributed by atoms with Gasteiger partial charge in [0, 0.05) is 49.8 Å². The normalized spacial score (nSPS) is 23.9. The zero-order valence-corrected chi connectivity index (χ0v) is 17.2. The first-order valence-electron chi connectivity index (χ1n) is 11.1. The van der Waals surface area contributed by atoms with Gasteiger partial charge in [-0.15, -0.1) is 0 Å². The third-order valence-corrected chi connectivity index (χ3v) is 7.00. The molecule has 1 saturated carbocycles. The standard InChI is InChI=1S/C24H27N5O/c1-2-18-15-29(16-19(18)3-1)24-23-22(25-8-9-26-23)14-21(27-24)17-4-6-20(7-5-17)28-10-12-30-13-11-28/h4-9,14,18-19H,1-3,10-13,15-16H2. The van der Waals surface area contributed by atoms with E-state index < -0.39 is 0 Å². The lowest BCUT2D eigenvalue weighted by atomic mass is 10.0. The van der Waals surface area contributed by atoms with Gasteiger partial charge in [0.05, 0.1) is 24.4 Å². The van der Waals surface area contributed by atoms with Crippen molar-refractivity contribution in [2.75, 3.05) is 49.2 Å². The molecule has 2 unspecified atom stereocenters. The minimum Gasteiger partial charge on any atom is -0.378 e. The summed E-state index contributed by atoms with van der Waals surface area (Å²) >= 11 is 0. The Kier molecular flexibility index (Phi) is 4.52. The molecule has 3 aromatic rings. The van der Waals surface area contributed by atoms with Crippen molar-refractivity contribution in [3.8, 4) is 11.3 Å². The van der Waals surface area contributed by atoms with E-state index in [1.54, 1.807) is 12.4 Å². The summed E-state index contributed by atoms with van der Waals surface area (Å²) in [7, 11) is 0. The number of benzene rings is 1. The van der Waals surface area contributed by atoms with Gasteiger partial charge < -0.3 is 14.5 Å². The van der Waals surface area contributed by atoms with Crippen molar-refractivity contribution in [1.82, 2.24) is 15.0 Å². The van der Waals surface area contributed by atoms with Gasteiger partial charge in [-0.05, 0) is 42.9 Å². The maximum absolute atomic E-state index is 5.48. The monoisotopic (exact) mass is 401 g/mol. The van der Waals surface area contributed by atoms with Crippen LogP contribution in [0.3, 0.4) is 0 Å². The van der Waals surface area contributed by atoms with Crippen LogP contribution in [0.2, 0.25) is 0 Å². The molecular formula is C24H27N5O. The predicted octanol–water partition coefficient (Wildman–Crippen LogP) is 3.76. The Morgan fingerprint density at radius 2 is 1.60 bits per heavy atom. The van der Waals surface area contributed by atoms with Gasteiger partial charge in [-0.3, -0.25) is 4.98 Å². The molecule has 154 valence electrons. The second kappa shape index (κ2) is 7.51. The first-order valence-corrected chi connectivity index (χ1v) is 11.1. The van der Waals surface area contributed by atoms with Crippen LogP contribution >= 0.6 is 0 Å². The number of aromatic nitrogens is 3. The summed E-state index contributed by atoms with van der Waals surface area (Å²) in [5.41, 5.74) is 5.19. The number of morpholine rings is 1. The Morgan fingerprint density at radius 3 is 2.37 bits per heavy atom. The molecule has 6 heteroatoms. The van der Waals surface area contributed by atoms with Crippen LogP contribution in [-0.2, 0) is 4.74 Å². The molecule has 1 aromatic carbocycles. The van der Waals surface area contributed by atoms with E-state index in [2.05, 4.69) is 50.1 Å². The predicted molar refractivity (Wildman–Crippen MR) is 119 cm³/mol. The topological polar surface area (TPSA) is 54.4 Å². The molecule has 30 heavy (non-hydrogen) atoms. The molecule has 2 aromatic heterocycles. The zero-order chi connectivity index (χ0) is 19.9. The minimum atomic E-state index is 0.799. The summed E-state index contributed by atoms with van der Waals surface area (Å²) < 4.78 is 5.48. The Bertz CT molecular complexity index is 1040. The first-order chi connectivity index (χ1) is 14.8. The van der Waals surface area contributed by atoms with E-state index >= 15 is 0 Å². The molecule has 3 aliphatic rings. The summed E-state index contributed by atoms with van der Waals surface area (Å²) in [5, 5.41) is 0. The minimum absolute atomic E-state index is 0.799. The largest absolute Gasteiger partial charge is 0.378 e. The molecule has 3 fully saturated rings. The number of pyridine rings is 1. The lowest BCUT2D eigenvalue weighted by molar-refractivity contribution is 0.122. The summed E-state index contributed by atoms with van der Waals surface area (Å²) in [4.78, 5) is 19.2. The van der Waals surface area contributed by atoms with Crippen molar-refractivity contribution >= 4 is 22.5 Å². The van der Waals surface area contributed by atoms with Crippen LogP contribution < -0.4 is 9.80 Å². The number of ether oxygens (including phenoxy) is 1. The second-order valence-corrected chi connectivity index (χ2v) is 8.76. The number of hydrogen-bond acceptors (Lipinski definition) is 6. The molecule has 0 radical (unpaired) electrons. The van der Waals surface area contributed by atoms with Crippen LogP contribution in [0.25, 0.3) is 22.3 Å². The van der Waals surface area contributed by atoms with E-state index in [-0.39, 0.29) is 0 Å². The van der Waals surface area contributed by atoms with Crippen LogP contribution in [0.15, 0.2) is 42.7 Å². The van der Waals surface area contributed by atoms with E-state index in [0.29, 0.717) is 0 Å². The second-order valence-electron chi connectivity index (χ2n) is 8.76. The van der Waals surface area contributed by atoms with Crippen LogP contribution in [0, 0.1) is 11.8 Å². The third kappa shape index (κ3) is 3.19. The van der Waals surface area contributed by atoms with Crippen LogP contribution in [0.5, 0.6) is 0 Å². The smallest absolute Gasteiger partial charge is 0.157 e. The zero-order valence-electron chi connectivity index (χ0n) is 17.2. The molecule has 0 amide bonds. The number of hydrogen-bond donors (Lipinski definition) is 0. The average Bonchev–Trinajstić information content (AvgIpc) is 3.42. The van der Waals surface area contributed by atoms with E-state index in [1.165, 1.54) is 24.9 Å². The lowest BCUT2D eigenvalue weighted by Gasteiger charge is -2.29. The first kappa shape index (κ1) is 18.1. The molecule has 1 aliphatic carbocycles. The Labute approximate surface area is 176 Å². The Hall–Kier alpha value is -2.73. The molecule has 2 saturated heterocycles. The summed E-state index contributed by atoms with van der Waals surface area (Å²) in [6, 6.07) is 10.8. The number of anilines is 2. The van der Waals surface area contributed by atoms with E-state index in [4.69, 9.17) is 9.72 Å². The van der Waals surface area contributed by atoms with Crippen LogP contribution in [0.4, 0.5) is 11.5 Å². The fourth-order valence-electron chi connectivity index (χ4n) is 5.40. The van der Waals surface area contributed by atoms with Gasteiger partial charge in [-0.25, -0.2) is 9.97 Å². The number of nitrogens with zero attached hydrogens (tertiary/aromatic N) is 5. The van der Waals surface area contributed by atoms with Crippen LogP contribution in [0.1, 0.15) is 19.3 Å². The van der Waals surface area contributed by atoms with Gasteiger partial charge in [0.15, 0.2) is 5.82 Å². The molecule has 6 nitrogen and oxygen atoms in total. The molecule has 2 atom stereocenters. The quantitative estimate of drug-likeness (QED) is 0.666. The number of fused-ring (bicyclic) bond motifs is 2. The SMILES string of the molecule is c1cnc2c(N3CC4CCCC4C3)nc(-c3ccc(N4CCOCC4)cc3)cc2n1. The van der Waals surface area contributed by atoms with Gasteiger partial charge in [0.1, 0.15) is 5.52 Å². The van der Waals surface area contributed by atoms with Crippen molar-refractivity contribution in [3.05, 3.63) is 42.7 Å². The number of rotatable bonds is 3. The van der Waals surface area contributed by atoms with E-state index in [1.807, 2.05) is 0 Å². The highest BCUT2D eigenvalue weighted by Gasteiger charge is 2.37. The van der Waals surface area contributed by atoms with Gasteiger partial charge >= 0.3 is 0 Å². The highest BCUT2D eigenvalue weighted by Crippen LogP contribution is 2.40. The summed E-state index contributed by atoms with van der Waals surface area (Å²) in [6.07, 6.45) is 7.64. The molecule has 0 spiro atoms. The molecule has 2 aliphatic heterocycles. The van der Waals surface area contributed by atoms with Crippen molar-refractivity contribution < 1.29 is 4.74 Å². The molecule has 4 heterocycles. The van der Waals surface area contributed by atoms with Crippen molar-refractivity contribution in [3.63, 3.8) is 0 Å². The fourth-order valence-corrected chi connectivity index (χ4v) is 5.40. The molecule has 0 N–H and O–H groups in total. The highest BCUT2D eigenvalue weighted by molar-refractivity contribution is 5.89. The van der Waals surface area contributed by atoms with Crippen molar-refractivity contribution in [2.24, 2.45) is 11.8 Å². The Balaban J connectivity index is 1.35. The Morgan fingerprint density at radius 1 is 0.867 bits per heavy atom. The van der Waals surface area contributed by atoms with Crippen molar-refractivity contribution in [1.29, 1.82) is 0 Å². The average molecular weight is 402 g/mol. The van der Waals surface area contributed by atoms with Crippen molar-refractivity contribution in [2.45, 2.75) is 19.3 Å². The van der Waals surface area contributed by atoms with Gasteiger partial charge in [0.25, 0.3) is 0 Å². The van der Waals surface area contributed by atoms with Crippen LogP contribution in [-0.4, -0.2) is 54.3 Å². The fraction of sp³-hybridized carbons (Fsp3) is 0.458. The highest BCUT2D eigenvalue weighted by atomic mass is 16.5. The maximum Gasteiger partial charge on any atom is 0.157 e. The maximum atomic E-state index is 5.48. The lowest BCUT2D eigenvalue weighted by Crippen LogP contribution is -2.36. The molecular weight excluding hydrogens is 374 g/mol. The molecule has 0 bridgehead atoms. The summed E-state index contributed by atoms with van der Waals surface area (Å²) in [5.74, 6) is 2.63. The third-order valence-electron chi connectivity index (χ3n) is 7.00. The van der Waals surface area contributed by atoms with E-state index in [9.17, 15) is 0 Å². The van der Waals surface area contributed by atoms with E-state index in [0.717, 1.165) is 79.3 Å². The van der Waals surface area contributed by atoms with Gasteiger partial charge in [-0.2, -0.15) is 0 Å². The van der Waals surface area contributed by atoms with Gasteiger partial charge in [0.2, 0.25) is 0 Å². The molecule has 6 rings (SSSR count). The van der Waals surface area contributed by atoms with Gasteiger partial charge in [-0.1, -0.05) is 18.6 Å².